The lowest BCUT2D eigenvalue weighted by Crippen LogP contribution is -2.12. The average Bonchev–Trinajstić information content (AvgIpc) is 2.56. The van der Waals surface area contributed by atoms with Crippen LogP contribution in [0.4, 0.5) is 10.1 Å². The van der Waals surface area contributed by atoms with E-state index < -0.39 is 11.7 Å². The third-order valence-electron chi connectivity index (χ3n) is 3.10. The fourth-order valence-corrected chi connectivity index (χ4v) is 2.09. The number of amides is 1. The molecule has 0 saturated heterocycles. The highest BCUT2D eigenvalue weighted by Crippen LogP contribution is 2.18. The average molecular weight is 328 g/mol. The summed E-state index contributed by atoms with van der Waals surface area (Å²) in [6, 6.07) is 12.7. The van der Waals surface area contributed by atoms with Crippen molar-refractivity contribution in [1.82, 2.24) is 9.97 Å². The molecule has 0 radical (unpaired) electrons. The number of hydrogen-bond donors (Lipinski definition) is 1. The number of benzene rings is 2. The molecule has 3 rings (SSSR count). The molecule has 0 bridgehead atoms. The van der Waals surface area contributed by atoms with Gasteiger partial charge in [-0.2, -0.15) is 0 Å². The number of carbonyl (C=O) groups excluding carboxylic acids is 1. The van der Waals surface area contributed by atoms with Gasteiger partial charge in [0.2, 0.25) is 0 Å². The monoisotopic (exact) mass is 327 g/mol. The Morgan fingerprint density at radius 3 is 2.39 bits per heavy atom. The second kappa shape index (κ2) is 6.54. The van der Waals surface area contributed by atoms with Gasteiger partial charge >= 0.3 is 0 Å². The van der Waals surface area contributed by atoms with E-state index in [-0.39, 0.29) is 5.56 Å². The third kappa shape index (κ3) is 3.70. The predicted octanol–water partition coefficient (Wildman–Crippen LogP) is 4.19. The molecule has 0 atom stereocenters. The number of anilines is 1. The van der Waals surface area contributed by atoms with Gasteiger partial charge in [-0.25, -0.2) is 14.4 Å². The molecule has 1 amide bonds. The van der Waals surface area contributed by atoms with Gasteiger partial charge in [0, 0.05) is 28.7 Å². The molecule has 3 aromatic rings. The molecule has 1 N–H and O–H groups in total. The summed E-state index contributed by atoms with van der Waals surface area (Å²) >= 11 is 5.83. The lowest BCUT2D eigenvalue weighted by molar-refractivity contribution is 0.102. The summed E-state index contributed by atoms with van der Waals surface area (Å²) in [5, 5.41) is 3.21. The number of rotatable bonds is 3. The minimum Gasteiger partial charge on any atom is -0.322 e. The van der Waals surface area contributed by atoms with Crippen LogP contribution in [0.15, 0.2) is 60.9 Å². The van der Waals surface area contributed by atoms with Crippen LogP contribution >= 0.6 is 11.6 Å². The quantitative estimate of drug-likeness (QED) is 0.784. The maximum atomic E-state index is 13.1. The highest BCUT2D eigenvalue weighted by atomic mass is 35.5. The van der Waals surface area contributed by atoms with Gasteiger partial charge in [0.15, 0.2) is 5.82 Å². The summed E-state index contributed by atoms with van der Waals surface area (Å²) in [6.45, 7) is 0. The lowest BCUT2D eigenvalue weighted by Gasteiger charge is -2.05. The maximum absolute atomic E-state index is 13.1. The summed E-state index contributed by atoms with van der Waals surface area (Å²) in [4.78, 5) is 20.4. The minimum absolute atomic E-state index is 0.284. The molecule has 0 aliphatic heterocycles. The van der Waals surface area contributed by atoms with Crippen LogP contribution in [-0.4, -0.2) is 15.9 Å². The Labute approximate surface area is 137 Å². The second-order valence-corrected chi connectivity index (χ2v) is 5.20. The Kier molecular flexibility index (Phi) is 4.30. The van der Waals surface area contributed by atoms with Gasteiger partial charge in [-0.3, -0.25) is 4.79 Å². The van der Waals surface area contributed by atoms with Crippen molar-refractivity contribution >= 4 is 23.2 Å². The van der Waals surface area contributed by atoms with E-state index in [1.165, 1.54) is 30.6 Å². The van der Waals surface area contributed by atoms with Crippen LogP contribution in [0.3, 0.4) is 0 Å². The molecule has 0 unspecified atom stereocenters. The Balaban J connectivity index is 1.76. The van der Waals surface area contributed by atoms with Gasteiger partial charge in [-0.05, 0) is 42.5 Å². The van der Waals surface area contributed by atoms with Crippen LogP contribution < -0.4 is 5.32 Å². The first-order chi connectivity index (χ1) is 11.1. The van der Waals surface area contributed by atoms with E-state index in [0.29, 0.717) is 16.5 Å². The third-order valence-corrected chi connectivity index (χ3v) is 3.35. The van der Waals surface area contributed by atoms with Crippen molar-refractivity contribution in [3.05, 3.63) is 77.3 Å². The van der Waals surface area contributed by atoms with Crippen molar-refractivity contribution in [1.29, 1.82) is 0 Å². The molecule has 0 spiro atoms. The molecule has 23 heavy (non-hydrogen) atoms. The van der Waals surface area contributed by atoms with E-state index in [0.717, 1.165) is 5.56 Å². The van der Waals surface area contributed by atoms with Crippen LogP contribution in [0, 0.1) is 5.82 Å². The molecular weight excluding hydrogens is 317 g/mol. The van der Waals surface area contributed by atoms with Crippen LogP contribution in [0.5, 0.6) is 0 Å². The van der Waals surface area contributed by atoms with Gasteiger partial charge in [0.25, 0.3) is 5.91 Å². The smallest absolute Gasteiger partial charge is 0.258 e. The van der Waals surface area contributed by atoms with Crippen LogP contribution in [0.1, 0.15) is 10.4 Å². The van der Waals surface area contributed by atoms with Crippen LogP contribution in [0.25, 0.3) is 11.4 Å². The Hall–Kier alpha value is -2.79. The summed E-state index contributed by atoms with van der Waals surface area (Å²) < 4.78 is 13.1. The van der Waals surface area contributed by atoms with Crippen molar-refractivity contribution in [3.63, 3.8) is 0 Å². The number of aromatic nitrogens is 2. The highest BCUT2D eigenvalue weighted by Gasteiger charge is 2.09. The first-order valence-electron chi connectivity index (χ1n) is 6.77. The molecule has 0 aliphatic rings. The zero-order valence-electron chi connectivity index (χ0n) is 11.8. The SMILES string of the molecule is O=C(Nc1cccc(F)c1)c1cnc(-c2ccc(Cl)cc2)nc1. The van der Waals surface area contributed by atoms with Gasteiger partial charge in [-0.1, -0.05) is 17.7 Å². The van der Waals surface area contributed by atoms with E-state index in [4.69, 9.17) is 11.6 Å². The number of halogens is 2. The van der Waals surface area contributed by atoms with Crippen molar-refractivity contribution in [2.75, 3.05) is 5.32 Å². The first-order valence-corrected chi connectivity index (χ1v) is 7.14. The summed E-state index contributed by atoms with van der Waals surface area (Å²) in [5.41, 5.74) is 1.45. The molecule has 114 valence electrons. The number of nitrogens with one attached hydrogen (secondary N) is 1. The van der Waals surface area contributed by atoms with E-state index in [1.54, 1.807) is 30.3 Å². The topological polar surface area (TPSA) is 54.9 Å². The maximum Gasteiger partial charge on any atom is 0.258 e. The molecule has 0 fully saturated rings. The highest BCUT2D eigenvalue weighted by molar-refractivity contribution is 6.30. The standard InChI is InChI=1S/C17H11ClFN3O/c18-13-6-4-11(5-7-13)16-20-9-12(10-21-16)17(23)22-15-3-1-2-14(19)8-15/h1-10H,(H,22,23). The largest absolute Gasteiger partial charge is 0.322 e. The lowest BCUT2D eigenvalue weighted by atomic mass is 10.2. The molecule has 0 saturated carbocycles. The molecule has 2 aromatic carbocycles. The first kappa shape index (κ1) is 15.1. The Morgan fingerprint density at radius 2 is 1.74 bits per heavy atom. The predicted molar refractivity (Wildman–Crippen MR) is 86.8 cm³/mol. The van der Waals surface area contributed by atoms with Crippen molar-refractivity contribution in [2.24, 2.45) is 0 Å². The second-order valence-electron chi connectivity index (χ2n) is 4.77. The van der Waals surface area contributed by atoms with Crippen molar-refractivity contribution < 1.29 is 9.18 Å². The number of nitrogens with zero attached hydrogens (tertiary/aromatic N) is 2. The summed E-state index contributed by atoms with van der Waals surface area (Å²) in [6.07, 6.45) is 2.84. The number of carbonyl (C=O) groups is 1. The van der Waals surface area contributed by atoms with Crippen LogP contribution in [0.2, 0.25) is 5.02 Å². The van der Waals surface area contributed by atoms with Gasteiger partial charge in [0.1, 0.15) is 5.82 Å². The molecule has 1 aromatic heterocycles. The van der Waals surface area contributed by atoms with Gasteiger partial charge < -0.3 is 5.32 Å². The van der Waals surface area contributed by atoms with Gasteiger partial charge in [0.05, 0.1) is 5.56 Å². The van der Waals surface area contributed by atoms with E-state index in [2.05, 4.69) is 15.3 Å². The van der Waals surface area contributed by atoms with E-state index in [9.17, 15) is 9.18 Å². The Morgan fingerprint density at radius 1 is 1.04 bits per heavy atom. The van der Waals surface area contributed by atoms with E-state index >= 15 is 0 Å². The molecule has 1 heterocycles. The molecule has 4 nitrogen and oxygen atoms in total. The molecule has 6 heteroatoms. The van der Waals surface area contributed by atoms with Crippen molar-refractivity contribution in [2.45, 2.75) is 0 Å². The zero-order chi connectivity index (χ0) is 16.2. The summed E-state index contributed by atoms with van der Waals surface area (Å²) in [5.74, 6) is -0.334. The van der Waals surface area contributed by atoms with Crippen LogP contribution in [-0.2, 0) is 0 Å². The molecular formula is C17H11ClFN3O. The molecule has 0 aliphatic carbocycles. The van der Waals surface area contributed by atoms with E-state index in [1.807, 2.05) is 0 Å². The van der Waals surface area contributed by atoms with Gasteiger partial charge in [-0.15, -0.1) is 0 Å². The normalized spacial score (nSPS) is 10.3. The van der Waals surface area contributed by atoms with Crippen molar-refractivity contribution in [3.8, 4) is 11.4 Å². The fourth-order valence-electron chi connectivity index (χ4n) is 1.96. The fraction of sp³-hybridized carbons (Fsp3) is 0. The minimum atomic E-state index is -0.419. The zero-order valence-corrected chi connectivity index (χ0v) is 12.6. The Bertz CT molecular complexity index is 835. The number of hydrogen-bond acceptors (Lipinski definition) is 3. The summed E-state index contributed by atoms with van der Waals surface area (Å²) in [7, 11) is 0.